The van der Waals surface area contributed by atoms with Crippen LogP contribution < -0.4 is 118 Å². The number of hydrogen-bond acceptors (Lipinski definition) is 19. The van der Waals surface area contributed by atoms with Gasteiger partial charge in [0.2, 0.25) is 0 Å². The van der Waals surface area contributed by atoms with Crippen LogP contribution in [0.5, 0.6) is 0 Å². The van der Waals surface area contributed by atoms with Crippen molar-refractivity contribution in [2.45, 2.75) is 49.0 Å². The van der Waals surface area contributed by atoms with E-state index in [0.717, 1.165) is 12.7 Å². The molecule has 0 radical (unpaired) electrons. The fourth-order valence-electron chi connectivity index (χ4n) is 3.39. The summed E-state index contributed by atoms with van der Waals surface area (Å²) in [7, 11) is -11.7. The van der Waals surface area contributed by atoms with Gasteiger partial charge in [-0.25, -0.2) is 19.5 Å². The Morgan fingerprint density at radius 1 is 1.12 bits per heavy atom. The molecule has 1 unspecified atom stereocenters. The van der Waals surface area contributed by atoms with Crippen molar-refractivity contribution in [2.75, 3.05) is 18.9 Å². The van der Waals surface area contributed by atoms with Crippen LogP contribution in [-0.4, -0.2) is 112 Å². The molecule has 3 rings (SSSR count). The van der Waals surface area contributed by atoms with Gasteiger partial charge in [0.1, 0.15) is 54.6 Å². The summed E-state index contributed by atoms with van der Waals surface area (Å²) in [6, 6.07) is 0. The van der Waals surface area contributed by atoms with Crippen LogP contribution in [0.4, 0.5) is 5.82 Å². The van der Waals surface area contributed by atoms with Gasteiger partial charge in [-0.3, -0.25) is 17.9 Å². The van der Waals surface area contributed by atoms with Crippen molar-refractivity contribution in [3.05, 3.63) is 12.7 Å². The quantitative estimate of drug-likeness (QED) is 0.0593. The van der Waals surface area contributed by atoms with E-state index in [9.17, 15) is 54.4 Å². The topological polar surface area (TPSA) is 325 Å². The van der Waals surface area contributed by atoms with Crippen molar-refractivity contribution in [3.8, 4) is 0 Å². The van der Waals surface area contributed by atoms with Gasteiger partial charge in [0.15, 0.2) is 24.0 Å². The van der Waals surface area contributed by atoms with Crippen LogP contribution in [0.25, 0.3) is 11.2 Å². The number of fused-ring (bicyclic) bond motifs is 1. The molecule has 1 aliphatic rings. The zero-order valence-corrected chi connectivity index (χ0v) is 28.9. The first-order valence-corrected chi connectivity index (χ1v) is 13.3. The molecule has 1 fully saturated rings. The maximum atomic E-state index is 12.9. The standard InChI is InChI=1S/C16H25N5O15P2.2K/c17-14-9-15(19-4-18-14)21(5-20-9)16-13(28)12(27)8(34-16)3-33-38(32,36-37(29,30)31)35-7(2-23)11(26)10(25)6(24)1-22;;/h1,4-8,10-13,16,23-28H,2-3H2,(H2,17,18,19)(H2,29,30,31);;/q;2*+1/p-2/t6-,7+,8+,10+,11+,12+,13+,16+,38?;;/m0../s1. The van der Waals surface area contributed by atoms with E-state index in [1.807, 2.05) is 0 Å². The number of nitrogens with two attached hydrogens (primary N) is 1. The van der Waals surface area contributed by atoms with Gasteiger partial charge < -0.3 is 60.3 Å². The maximum absolute atomic E-state index is 12.9. The molecular formula is C16H23K2N5O15P2. The second kappa shape index (κ2) is 16.5. The van der Waals surface area contributed by atoms with Gasteiger partial charge in [0, 0.05) is 0 Å². The van der Waals surface area contributed by atoms with E-state index in [1.54, 1.807) is 0 Å². The van der Waals surface area contributed by atoms with Crippen LogP contribution in [0, 0.1) is 0 Å². The number of phosphoric acid groups is 2. The van der Waals surface area contributed by atoms with E-state index in [1.165, 1.54) is 4.57 Å². The summed E-state index contributed by atoms with van der Waals surface area (Å²) in [5.41, 5.74) is 5.94. The molecule has 9 atom stereocenters. The molecule has 2 aromatic heterocycles. The number of aldehydes is 1. The molecule has 0 aromatic carbocycles. The largest absolute Gasteiger partial charge is 1.00 e. The Labute approximate surface area is 309 Å². The Kier molecular flexibility index (Phi) is 16.3. The molecular weight excluding hydrogens is 642 g/mol. The minimum Gasteiger partial charge on any atom is -0.789 e. The third-order valence-electron chi connectivity index (χ3n) is 5.26. The van der Waals surface area contributed by atoms with Gasteiger partial charge in [-0.05, 0) is 0 Å². The molecule has 2 aromatic rings. The monoisotopic (exact) mass is 665 g/mol. The van der Waals surface area contributed by atoms with Crippen molar-refractivity contribution < 1.29 is 175 Å². The zero-order chi connectivity index (χ0) is 28.4. The summed E-state index contributed by atoms with van der Waals surface area (Å²) in [6.07, 6.45) is -13.5. The number of aliphatic hydroxyl groups excluding tert-OH is 6. The number of phosphoric ester groups is 1. The zero-order valence-electron chi connectivity index (χ0n) is 20.9. The Morgan fingerprint density at radius 2 is 1.77 bits per heavy atom. The van der Waals surface area contributed by atoms with Crippen molar-refractivity contribution in [3.63, 3.8) is 0 Å². The summed E-state index contributed by atoms with van der Waals surface area (Å²) in [5, 5.41) is 59.3. The molecule has 40 heavy (non-hydrogen) atoms. The van der Waals surface area contributed by atoms with Gasteiger partial charge in [-0.2, -0.15) is 0 Å². The van der Waals surface area contributed by atoms with E-state index in [-0.39, 0.29) is 126 Å². The number of anilines is 1. The van der Waals surface area contributed by atoms with E-state index in [2.05, 4.69) is 23.8 Å². The summed E-state index contributed by atoms with van der Waals surface area (Å²) in [5.74, 6) is 0.00274. The molecule has 0 spiro atoms. The number of imidazole rings is 1. The van der Waals surface area contributed by atoms with Gasteiger partial charge >= 0.3 is 111 Å². The van der Waals surface area contributed by atoms with E-state index in [4.69, 9.17) is 15.0 Å². The normalized spacial score (nSPS) is 25.7. The first-order chi connectivity index (χ1) is 17.7. The Hall–Kier alpha value is 1.27. The van der Waals surface area contributed by atoms with Crippen LogP contribution in [0.1, 0.15) is 6.23 Å². The van der Waals surface area contributed by atoms with Crippen molar-refractivity contribution in [2.24, 2.45) is 0 Å². The van der Waals surface area contributed by atoms with Gasteiger partial charge in [0.05, 0.1) is 27.4 Å². The van der Waals surface area contributed by atoms with E-state index < -0.39 is 77.8 Å². The minimum atomic E-state index is -6.14. The van der Waals surface area contributed by atoms with E-state index >= 15 is 0 Å². The molecule has 20 nitrogen and oxygen atoms in total. The minimum absolute atomic E-state index is 0. The number of rotatable bonds is 13. The number of ether oxygens (including phenoxy) is 1. The summed E-state index contributed by atoms with van der Waals surface area (Å²) in [6.45, 7) is -2.38. The molecule has 0 saturated carbocycles. The Balaban J connectivity index is 0.00000400. The number of aliphatic hydroxyl groups is 6. The van der Waals surface area contributed by atoms with Gasteiger partial charge in [-0.1, -0.05) is 0 Å². The van der Waals surface area contributed by atoms with Crippen LogP contribution in [0.2, 0.25) is 0 Å². The van der Waals surface area contributed by atoms with Crippen molar-refractivity contribution in [1.29, 1.82) is 0 Å². The molecule has 0 aliphatic carbocycles. The predicted octanol–water partition coefficient (Wildman–Crippen LogP) is -11.3. The number of carbonyl (C=O) groups is 1. The average Bonchev–Trinajstić information content (AvgIpc) is 3.40. The predicted molar refractivity (Wildman–Crippen MR) is 114 cm³/mol. The van der Waals surface area contributed by atoms with Crippen LogP contribution in [0.15, 0.2) is 12.7 Å². The third-order valence-corrected chi connectivity index (χ3v) is 7.85. The maximum Gasteiger partial charge on any atom is 1.00 e. The summed E-state index contributed by atoms with van der Waals surface area (Å²) in [4.78, 5) is 44.6. The van der Waals surface area contributed by atoms with E-state index in [0.29, 0.717) is 0 Å². The first-order valence-electron chi connectivity index (χ1n) is 10.4. The summed E-state index contributed by atoms with van der Waals surface area (Å²) < 4.78 is 44.0. The number of hydrogen-bond donors (Lipinski definition) is 7. The molecule has 3 heterocycles. The van der Waals surface area contributed by atoms with Gasteiger partial charge in [0.25, 0.3) is 0 Å². The second-order valence-electron chi connectivity index (χ2n) is 7.84. The number of carbonyl (C=O) groups excluding carboxylic acids is 1. The molecule has 24 heteroatoms. The van der Waals surface area contributed by atoms with Crippen LogP contribution in [0.3, 0.4) is 0 Å². The number of nitrogens with zero attached hydrogens (tertiary/aromatic N) is 4. The Morgan fingerprint density at radius 3 is 2.35 bits per heavy atom. The second-order valence-corrected chi connectivity index (χ2v) is 10.7. The molecule has 8 N–H and O–H groups in total. The van der Waals surface area contributed by atoms with Crippen LogP contribution >= 0.6 is 15.6 Å². The molecule has 214 valence electrons. The third kappa shape index (κ3) is 9.63. The SMILES string of the molecule is Nc1ncnc2c1ncn2[C@@H]1O[C@H](COP(=O)(O[C@H](CO)[C@@H](O)[C@H](O)[C@@H](O)C=O)OP(=O)([O-])[O-])[C@@H](O)[C@H]1O.[K+].[K+]. The molecule has 1 saturated heterocycles. The first kappa shape index (κ1) is 39.3. The molecule has 0 amide bonds. The summed E-state index contributed by atoms with van der Waals surface area (Å²) >= 11 is 0. The van der Waals surface area contributed by atoms with Crippen molar-refractivity contribution >= 4 is 38.9 Å². The smallest absolute Gasteiger partial charge is 0.789 e. The fraction of sp³-hybridized carbons (Fsp3) is 0.625. The Bertz CT molecular complexity index is 1220. The number of aromatic nitrogens is 4. The van der Waals surface area contributed by atoms with Gasteiger partial charge in [-0.15, -0.1) is 0 Å². The fourth-order valence-corrected chi connectivity index (χ4v) is 5.62. The molecule has 1 aliphatic heterocycles. The average molecular weight is 666 g/mol. The van der Waals surface area contributed by atoms with Crippen molar-refractivity contribution in [1.82, 2.24) is 19.5 Å². The number of nitrogen functional groups attached to an aromatic ring is 1. The van der Waals surface area contributed by atoms with Crippen LogP contribution in [-0.2, 0) is 32.0 Å². The molecule has 0 bridgehead atoms.